The van der Waals surface area contributed by atoms with E-state index in [9.17, 15) is 0 Å². The van der Waals surface area contributed by atoms with Crippen LogP contribution in [0.5, 0.6) is 11.5 Å². The molecule has 0 N–H and O–H groups in total. The molecule has 4 heteroatoms. The normalized spacial score (nSPS) is 13.4. The molecule has 2 aromatic carbocycles. The summed E-state index contributed by atoms with van der Waals surface area (Å²) in [6, 6.07) is 12.3. The molecule has 0 bridgehead atoms. The number of methoxy groups -OCH3 is 2. The average molecular weight is 346 g/mol. The van der Waals surface area contributed by atoms with Crippen molar-refractivity contribution in [3.8, 4) is 11.5 Å². The quantitative estimate of drug-likeness (QED) is 0.845. The summed E-state index contributed by atoms with van der Waals surface area (Å²) >= 11 is 3.52. The second-order valence-electron chi connectivity index (χ2n) is 4.86. The Hall–Kier alpha value is -1.81. The van der Waals surface area contributed by atoms with Crippen LogP contribution >= 0.6 is 15.9 Å². The van der Waals surface area contributed by atoms with E-state index in [0.29, 0.717) is 0 Å². The Kier molecular flexibility index (Phi) is 3.97. The molecule has 0 radical (unpaired) electrons. The van der Waals surface area contributed by atoms with Crippen LogP contribution in [0.15, 0.2) is 45.9 Å². The molecule has 108 valence electrons. The van der Waals surface area contributed by atoms with Gasteiger partial charge < -0.3 is 9.47 Å². The molecule has 0 aliphatic carbocycles. The zero-order chi connectivity index (χ0) is 14.8. The Labute approximate surface area is 132 Å². The van der Waals surface area contributed by atoms with Crippen molar-refractivity contribution < 1.29 is 9.47 Å². The summed E-state index contributed by atoms with van der Waals surface area (Å²) in [7, 11) is 3.32. The number of ether oxygens (including phenoxy) is 2. The third-order valence-corrected chi connectivity index (χ3v) is 4.11. The number of rotatable bonds is 3. The monoisotopic (exact) mass is 345 g/mol. The van der Waals surface area contributed by atoms with Gasteiger partial charge in [-0.2, -0.15) is 0 Å². The van der Waals surface area contributed by atoms with Crippen LogP contribution in [0.2, 0.25) is 0 Å². The van der Waals surface area contributed by atoms with Gasteiger partial charge in [-0.1, -0.05) is 28.1 Å². The van der Waals surface area contributed by atoms with E-state index < -0.39 is 0 Å². The fourth-order valence-corrected chi connectivity index (χ4v) is 3.00. The van der Waals surface area contributed by atoms with Crippen molar-refractivity contribution in [1.82, 2.24) is 0 Å². The van der Waals surface area contributed by atoms with E-state index in [1.54, 1.807) is 14.2 Å². The van der Waals surface area contributed by atoms with Gasteiger partial charge >= 0.3 is 0 Å². The Morgan fingerprint density at radius 2 is 1.81 bits per heavy atom. The van der Waals surface area contributed by atoms with Crippen LogP contribution in [-0.4, -0.2) is 26.5 Å². The van der Waals surface area contributed by atoms with Crippen molar-refractivity contribution in [2.45, 2.75) is 6.42 Å². The predicted octanol–water partition coefficient (Wildman–Crippen LogP) is 3.86. The molecule has 3 nitrogen and oxygen atoms in total. The third kappa shape index (κ3) is 2.68. The second kappa shape index (κ2) is 5.90. The highest BCUT2D eigenvalue weighted by atomic mass is 79.9. The predicted molar refractivity (Wildman–Crippen MR) is 87.9 cm³/mol. The first kappa shape index (κ1) is 14.1. The number of nitrogens with zero attached hydrogens (tertiary/aromatic N) is 1. The number of halogens is 1. The van der Waals surface area contributed by atoms with Crippen molar-refractivity contribution in [2.24, 2.45) is 4.99 Å². The number of fused-ring (bicyclic) bond motifs is 1. The molecule has 0 spiro atoms. The zero-order valence-electron chi connectivity index (χ0n) is 12.0. The van der Waals surface area contributed by atoms with Crippen LogP contribution in [-0.2, 0) is 6.42 Å². The van der Waals surface area contributed by atoms with Crippen molar-refractivity contribution >= 4 is 21.6 Å². The van der Waals surface area contributed by atoms with Gasteiger partial charge in [0.25, 0.3) is 0 Å². The summed E-state index contributed by atoms with van der Waals surface area (Å²) in [6.45, 7) is 0.796. The van der Waals surface area contributed by atoms with E-state index >= 15 is 0 Å². The lowest BCUT2D eigenvalue weighted by Gasteiger charge is -2.20. The van der Waals surface area contributed by atoms with E-state index in [4.69, 9.17) is 14.5 Å². The highest BCUT2D eigenvalue weighted by molar-refractivity contribution is 9.10. The van der Waals surface area contributed by atoms with E-state index in [2.05, 4.69) is 34.1 Å². The fraction of sp³-hybridized carbons (Fsp3) is 0.235. The van der Waals surface area contributed by atoms with Crippen LogP contribution in [0, 0.1) is 0 Å². The number of hydrogen-bond donors (Lipinski definition) is 0. The Bertz CT molecular complexity index is 710. The molecule has 0 fully saturated rings. The molecule has 0 unspecified atom stereocenters. The minimum absolute atomic E-state index is 0.737. The van der Waals surface area contributed by atoms with Gasteiger partial charge in [0.2, 0.25) is 0 Å². The van der Waals surface area contributed by atoms with Crippen LogP contribution in [0.1, 0.15) is 16.7 Å². The molecule has 0 saturated carbocycles. The molecular weight excluding hydrogens is 330 g/mol. The first-order valence-corrected chi connectivity index (χ1v) is 7.58. The molecule has 1 aliphatic heterocycles. The highest BCUT2D eigenvalue weighted by Crippen LogP contribution is 2.33. The number of hydrogen-bond acceptors (Lipinski definition) is 3. The Balaban J connectivity index is 2.13. The highest BCUT2D eigenvalue weighted by Gasteiger charge is 2.19. The van der Waals surface area contributed by atoms with Gasteiger partial charge in [-0.25, -0.2) is 0 Å². The zero-order valence-corrected chi connectivity index (χ0v) is 13.6. The molecule has 1 aliphatic rings. The molecule has 0 aromatic heterocycles. The minimum atomic E-state index is 0.737. The van der Waals surface area contributed by atoms with Gasteiger partial charge in [-0.3, -0.25) is 4.99 Å². The maximum absolute atomic E-state index is 5.42. The molecular formula is C17H16BrNO2. The van der Waals surface area contributed by atoms with Crippen molar-refractivity contribution in [2.75, 3.05) is 20.8 Å². The topological polar surface area (TPSA) is 30.8 Å². The van der Waals surface area contributed by atoms with E-state index in [0.717, 1.165) is 45.8 Å². The van der Waals surface area contributed by atoms with Gasteiger partial charge in [-0.15, -0.1) is 0 Å². The van der Waals surface area contributed by atoms with Crippen LogP contribution in [0.25, 0.3) is 0 Å². The summed E-state index contributed by atoms with van der Waals surface area (Å²) < 4.78 is 11.9. The lowest BCUT2D eigenvalue weighted by Crippen LogP contribution is -2.14. The van der Waals surface area contributed by atoms with Gasteiger partial charge in [0, 0.05) is 22.1 Å². The van der Waals surface area contributed by atoms with Crippen molar-refractivity contribution in [1.29, 1.82) is 0 Å². The summed E-state index contributed by atoms with van der Waals surface area (Å²) in [5, 5.41) is 0. The van der Waals surface area contributed by atoms with Gasteiger partial charge in [0.1, 0.15) is 0 Å². The first-order chi connectivity index (χ1) is 10.2. The van der Waals surface area contributed by atoms with E-state index in [1.807, 2.05) is 18.2 Å². The van der Waals surface area contributed by atoms with Crippen molar-refractivity contribution in [3.05, 3.63) is 57.6 Å². The Morgan fingerprint density at radius 3 is 2.52 bits per heavy atom. The first-order valence-electron chi connectivity index (χ1n) is 6.78. The average Bonchev–Trinajstić information content (AvgIpc) is 2.52. The smallest absolute Gasteiger partial charge is 0.161 e. The molecule has 2 aromatic rings. The standard InChI is InChI=1S/C17H16BrNO2/c1-20-15-9-11-6-7-19-17(14(11)10-16(15)21-2)12-4-3-5-13(18)8-12/h3-5,8-10H,6-7H2,1-2H3. The molecule has 0 saturated heterocycles. The van der Waals surface area contributed by atoms with E-state index in [-0.39, 0.29) is 0 Å². The molecule has 1 heterocycles. The lowest BCUT2D eigenvalue weighted by atomic mass is 9.93. The second-order valence-corrected chi connectivity index (χ2v) is 5.77. The van der Waals surface area contributed by atoms with E-state index in [1.165, 1.54) is 5.56 Å². The molecule has 3 rings (SSSR count). The van der Waals surface area contributed by atoms with Crippen LogP contribution < -0.4 is 9.47 Å². The molecule has 0 atom stereocenters. The summed E-state index contributed by atoms with van der Waals surface area (Å²) in [6.07, 6.45) is 0.924. The summed E-state index contributed by atoms with van der Waals surface area (Å²) in [5.41, 5.74) is 4.49. The maximum Gasteiger partial charge on any atom is 0.161 e. The van der Waals surface area contributed by atoms with Gasteiger partial charge in [0.15, 0.2) is 11.5 Å². The van der Waals surface area contributed by atoms with Crippen LogP contribution in [0.4, 0.5) is 0 Å². The van der Waals surface area contributed by atoms with Gasteiger partial charge in [0.05, 0.1) is 19.9 Å². The largest absolute Gasteiger partial charge is 0.493 e. The fourth-order valence-electron chi connectivity index (χ4n) is 2.60. The van der Waals surface area contributed by atoms with Crippen molar-refractivity contribution in [3.63, 3.8) is 0 Å². The number of aliphatic imine (C=N–C) groups is 1. The molecule has 21 heavy (non-hydrogen) atoms. The lowest BCUT2D eigenvalue weighted by molar-refractivity contribution is 0.354. The SMILES string of the molecule is COc1cc2c(cc1OC)C(c1cccc(Br)c1)=NCC2. The summed E-state index contributed by atoms with van der Waals surface area (Å²) in [4.78, 5) is 4.71. The third-order valence-electron chi connectivity index (χ3n) is 3.61. The maximum atomic E-state index is 5.42. The number of benzene rings is 2. The van der Waals surface area contributed by atoms with Gasteiger partial charge in [-0.05, 0) is 36.2 Å². The summed E-state index contributed by atoms with van der Waals surface area (Å²) in [5.74, 6) is 1.51. The molecule has 0 amide bonds. The Morgan fingerprint density at radius 1 is 1.05 bits per heavy atom. The minimum Gasteiger partial charge on any atom is -0.493 e. The van der Waals surface area contributed by atoms with Crippen LogP contribution in [0.3, 0.4) is 0 Å².